The van der Waals surface area contributed by atoms with E-state index in [0.717, 1.165) is 27.8 Å². The van der Waals surface area contributed by atoms with Gasteiger partial charge >= 0.3 is 5.97 Å². The predicted octanol–water partition coefficient (Wildman–Crippen LogP) is 7.51. The molecule has 5 aromatic carbocycles. The largest absolute Gasteiger partial charge is 0.457 e. The molecule has 11 heteroatoms. The molecule has 10 atom stereocenters. The van der Waals surface area contributed by atoms with Crippen molar-refractivity contribution in [3.05, 3.63) is 179 Å². The summed E-state index contributed by atoms with van der Waals surface area (Å²) in [5, 5.41) is 0. The minimum atomic E-state index is -1.09. The van der Waals surface area contributed by atoms with Crippen molar-refractivity contribution in [3.63, 3.8) is 0 Å². The molecule has 0 saturated carbocycles. The highest BCUT2D eigenvalue weighted by molar-refractivity contribution is 5.66. The molecule has 8 rings (SSSR count). The topological polar surface area (TPSA) is 109 Å². The molecule has 3 aliphatic rings. The second kappa shape index (κ2) is 21.1. The van der Waals surface area contributed by atoms with Gasteiger partial charge in [0, 0.05) is 12.5 Å². The van der Waals surface area contributed by atoms with Crippen molar-refractivity contribution in [2.75, 3.05) is 19.8 Å². The standard InChI is InChI=1S/C49H52O11/c1-34(50)57-46-44(54-29-37-21-11-4-12-22-37)41(31-51-27-35-17-7-2-8-18-35)58-49(47(46)55-30-38-23-13-5-14-24-38)59-42-33-52-40-32-56-48(39-25-15-6-16-26-39)60-45(40)43(42)53-28-36-19-9-3-10-20-36/h2-26,40-49H,27-33H2,1H3/t40-,41?,42?,43+,44+,45?,46?,47?,48?,49+/m0/s1. The number of rotatable bonds is 17. The molecule has 314 valence electrons. The van der Waals surface area contributed by atoms with E-state index in [-0.39, 0.29) is 26.4 Å². The van der Waals surface area contributed by atoms with Gasteiger partial charge in [-0.05, 0) is 22.3 Å². The van der Waals surface area contributed by atoms with Gasteiger partial charge in [-0.25, -0.2) is 0 Å². The summed E-state index contributed by atoms with van der Waals surface area (Å²) in [5.41, 5.74) is 4.74. The van der Waals surface area contributed by atoms with Crippen molar-refractivity contribution in [1.82, 2.24) is 0 Å². The van der Waals surface area contributed by atoms with E-state index < -0.39 is 67.4 Å². The minimum Gasteiger partial charge on any atom is -0.457 e. The molecule has 0 amide bonds. The summed E-state index contributed by atoms with van der Waals surface area (Å²) >= 11 is 0. The van der Waals surface area contributed by atoms with Crippen LogP contribution in [0.25, 0.3) is 0 Å². The zero-order valence-corrected chi connectivity index (χ0v) is 33.6. The second-order valence-corrected chi connectivity index (χ2v) is 15.1. The first kappa shape index (κ1) is 41.9. The highest BCUT2D eigenvalue weighted by Crippen LogP contribution is 2.37. The number of fused-ring (bicyclic) bond motifs is 1. The Balaban J connectivity index is 1.11. The Morgan fingerprint density at radius 1 is 0.550 bits per heavy atom. The minimum absolute atomic E-state index is 0.108. The number of esters is 1. The molecule has 3 aliphatic heterocycles. The molecule has 60 heavy (non-hydrogen) atoms. The molecular formula is C49H52O11. The van der Waals surface area contributed by atoms with Crippen LogP contribution in [0, 0.1) is 0 Å². The molecule has 3 fully saturated rings. The van der Waals surface area contributed by atoms with Crippen LogP contribution >= 0.6 is 0 Å². The summed E-state index contributed by atoms with van der Waals surface area (Å²) in [5.74, 6) is -0.498. The summed E-state index contributed by atoms with van der Waals surface area (Å²) in [6, 6.07) is 49.2. The van der Waals surface area contributed by atoms with Crippen molar-refractivity contribution in [2.45, 2.75) is 94.8 Å². The summed E-state index contributed by atoms with van der Waals surface area (Å²) in [6.45, 7) is 2.99. The van der Waals surface area contributed by atoms with Crippen molar-refractivity contribution in [3.8, 4) is 0 Å². The van der Waals surface area contributed by atoms with Gasteiger partial charge in [0.05, 0.1) is 46.2 Å². The van der Waals surface area contributed by atoms with Gasteiger partial charge in [-0.2, -0.15) is 0 Å². The number of hydrogen-bond acceptors (Lipinski definition) is 11. The molecule has 6 unspecified atom stereocenters. The maximum Gasteiger partial charge on any atom is 0.303 e. The molecule has 0 aromatic heterocycles. The first-order valence-electron chi connectivity index (χ1n) is 20.6. The van der Waals surface area contributed by atoms with Crippen molar-refractivity contribution >= 4 is 5.97 Å². The normalized spacial score (nSPS) is 27.8. The van der Waals surface area contributed by atoms with Crippen LogP contribution in [0.15, 0.2) is 152 Å². The molecular weight excluding hydrogens is 765 g/mol. The Morgan fingerprint density at radius 3 is 1.60 bits per heavy atom. The van der Waals surface area contributed by atoms with Crippen LogP contribution in [0.4, 0.5) is 0 Å². The Hall–Kier alpha value is -4.79. The molecule has 0 spiro atoms. The van der Waals surface area contributed by atoms with Gasteiger partial charge in [0.15, 0.2) is 18.7 Å². The predicted molar refractivity (Wildman–Crippen MR) is 220 cm³/mol. The van der Waals surface area contributed by atoms with E-state index in [1.165, 1.54) is 6.92 Å². The van der Waals surface area contributed by atoms with Crippen LogP contribution in [-0.4, -0.2) is 80.9 Å². The summed E-state index contributed by atoms with van der Waals surface area (Å²) in [7, 11) is 0. The summed E-state index contributed by atoms with van der Waals surface area (Å²) in [4.78, 5) is 13.0. The lowest BCUT2D eigenvalue weighted by Gasteiger charge is -2.49. The molecule has 0 N–H and O–H groups in total. The van der Waals surface area contributed by atoms with E-state index in [2.05, 4.69) is 0 Å². The maximum absolute atomic E-state index is 13.0. The fourth-order valence-electron chi connectivity index (χ4n) is 7.77. The first-order valence-corrected chi connectivity index (χ1v) is 20.6. The lowest BCUT2D eigenvalue weighted by molar-refractivity contribution is -0.365. The van der Waals surface area contributed by atoms with Gasteiger partial charge in [-0.15, -0.1) is 0 Å². The second-order valence-electron chi connectivity index (χ2n) is 15.1. The van der Waals surface area contributed by atoms with Gasteiger partial charge < -0.3 is 47.4 Å². The van der Waals surface area contributed by atoms with Crippen LogP contribution in [0.5, 0.6) is 0 Å². The number of carbonyl (C=O) groups excluding carboxylic acids is 1. The van der Waals surface area contributed by atoms with Crippen LogP contribution in [0.2, 0.25) is 0 Å². The Labute approximate surface area is 351 Å². The third kappa shape index (κ3) is 11.1. The lowest BCUT2D eigenvalue weighted by atomic mass is 9.96. The first-order chi connectivity index (χ1) is 29.6. The Morgan fingerprint density at radius 2 is 1.05 bits per heavy atom. The van der Waals surface area contributed by atoms with E-state index >= 15 is 0 Å². The number of carbonyl (C=O) groups is 1. The zero-order valence-electron chi connectivity index (χ0n) is 33.6. The van der Waals surface area contributed by atoms with Crippen molar-refractivity contribution in [2.24, 2.45) is 0 Å². The monoisotopic (exact) mass is 816 g/mol. The van der Waals surface area contributed by atoms with E-state index in [1.807, 2.05) is 152 Å². The lowest BCUT2D eigenvalue weighted by Crippen LogP contribution is -2.65. The van der Waals surface area contributed by atoms with E-state index in [9.17, 15) is 4.79 Å². The summed E-state index contributed by atoms with van der Waals surface area (Å²) in [6.07, 6.45) is -7.46. The van der Waals surface area contributed by atoms with Gasteiger partial charge in [0.25, 0.3) is 0 Å². The molecule has 3 heterocycles. The third-order valence-corrected chi connectivity index (χ3v) is 10.7. The molecule has 3 saturated heterocycles. The Kier molecular flexibility index (Phi) is 14.8. The highest BCUT2D eigenvalue weighted by atomic mass is 16.8. The van der Waals surface area contributed by atoms with Gasteiger partial charge in [0.1, 0.15) is 42.7 Å². The number of hydrogen-bond donors (Lipinski definition) is 0. The Bertz CT molecular complexity index is 2010. The number of ether oxygens (including phenoxy) is 10. The molecule has 0 radical (unpaired) electrons. The van der Waals surface area contributed by atoms with Crippen molar-refractivity contribution in [1.29, 1.82) is 0 Å². The van der Waals surface area contributed by atoms with E-state index in [1.54, 1.807) is 0 Å². The van der Waals surface area contributed by atoms with E-state index in [4.69, 9.17) is 47.4 Å². The van der Waals surface area contributed by atoms with Crippen LogP contribution in [0.1, 0.15) is 41.0 Å². The van der Waals surface area contributed by atoms with Crippen LogP contribution in [-0.2, 0) is 78.6 Å². The number of benzene rings is 5. The zero-order chi connectivity index (χ0) is 40.9. The van der Waals surface area contributed by atoms with E-state index in [0.29, 0.717) is 19.8 Å². The average Bonchev–Trinajstić information content (AvgIpc) is 3.29. The molecule has 5 aromatic rings. The molecule has 0 aliphatic carbocycles. The van der Waals surface area contributed by atoms with Gasteiger partial charge in [-0.1, -0.05) is 152 Å². The highest BCUT2D eigenvalue weighted by Gasteiger charge is 2.54. The SMILES string of the molecule is CC(=O)OC1C(OCc2ccccc2)[C@@H](OC2CO[C@H]3COC(c4ccccc4)OC3[C@@H]2OCc2ccccc2)OC(COCc2ccccc2)[C@H]1OCc1ccccc1. The smallest absolute Gasteiger partial charge is 0.303 e. The quantitative estimate of drug-likeness (QED) is 0.0871. The van der Waals surface area contributed by atoms with Gasteiger partial charge in [0.2, 0.25) is 0 Å². The van der Waals surface area contributed by atoms with Gasteiger partial charge in [-0.3, -0.25) is 4.79 Å². The third-order valence-electron chi connectivity index (χ3n) is 10.7. The average molecular weight is 817 g/mol. The fraction of sp³-hybridized carbons (Fsp3) is 0.367. The summed E-state index contributed by atoms with van der Waals surface area (Å²) < 4.78 is 65.8. The van der Waals surface area contributed by atoms with Crippen LogP contribution in [0.3, 0.4) is 0 Å². The van der Waals surface area contributed by atoms with Crippen LogP contribution < -0.4 is 0 Å². The maximum atomic E-state index is 13.0. The molecule has 11 nitrogen and oxygen atoms in total. The molecule has 0 bridgehead atoms. The van der Waals surface area contributed by atoms with Crippen molar-refractivity contribution < 1.29 is 52.2 Å². The fourth-order valence-corrected chi connectivity index (χ4v) is 7.77.